The van der Waals surface area contributed by atoms with Gasteiger partial charge >= 0.3 is 5.97 Å². The summed E-state index contributed by atoms with van der Waals surface area (Å²) in [4.78, 5) is 21.3. The molecule has 102 valence electrons. The van der Waals surface area contributed by atoms with Crippen molar-refractivity contribution in [3.05, 3.63) is 63.7 Å². The zero-order valence-corrected chi connectivity index (χ0v) is 10.9. The van der Waals surface area contributed by atoms with Crippen molar-refractivity contribution in [2.24, 2.45) is 0 Å². The number of nitro groups is 1. The molecule has 1 N–H and O–H groups in total. The summed E-state index contributed by atoms with van der Waals surface area (Å²) in [5.41, 5.74) is 1.90. The normalized spacial score (nSPS) is 10.2. The van der Waals surface area contributed by atoms with Gasteiger partial charge in [0.1, 0.15) is 5.56 Å². The molecular weight excluding hydrogens is 258 g/mol. The number of nitrogens with zero attached hydrogens (tertiary/aromatic N) is 1. The second kappa shape index (κ2) is 5.52. The van der Waals surface area contributed by atoms with Crippen molar-refractivity contribution in [1.29, 1.82) is 0 Å². The van der Waals surface area contributed by atoms with E-state index in [-0.39, 0.29) is 5.56 Å². The zero-order valence-electron chi connectivity index (χ0n) is 10.9. The Morgan fingerprint density at radius 2 is 1.90 bits per heavy atom. The van der Waals surface area contributed by atoms with Crippen LogP contribution in [-0.2, 0) is 6.42 Å². The third-order valence-corrected chi connectivity index (χ3v) is 3.09. The summed E-state index contributed by atoms with van der Waals surface area (Å²) in [6.07, 6.45) is 0.864. The molecule has 20 heavy (non-hydrogen) atoms. The topological polar surface area (TPSA) is 80.4 Å². The fourth-order valence-corrected chi connectivity index (χ4v) is 2.01. The lowest BCUT2D eigenvalue weighted by Gasteiger charge is -2.05. The minimum absolute atomic E-state index is 0.301. The van der Waals surface area contributed by atoms with Crippen LogP contribution in [0.3, 0.4) is 0 Å². The lowest BCUT2D eigenvalue weighted by molar-refractivity contribution is -0.385. The largest absolute Gasteiger partial charge is 0.477 e. The van der Waals surface area contributed by atoms with Gasteiger partial charge < -0.3 is 5.11 Å². The third-order valence-electron chi connectivity index (χ3n) is 3.09. The number of rotatable bonds is 4. The number of aryl methyl sites for hydroxylation is 1. The molecule has 0 bridgehead atoms. The molecule has 5 nitrogen and oxygen atoms in total. The Balaban J connectivity index is 2.55. The number of carboxylic acid groups (broad SMARTS) is 1. The monoisotopic (exact) mass is 271 g/mol. The maximum absolute atomic E-state index is 11.0. The van der Waals surface area contributed by atoms with E-state index in [0.717, 1.165) is 17.5 Å². The molecule has 0 spiro atoms. The summed E-state index contributed by atoms with van der Waals surface area (Å²) in [7, 11) is 0. The van der Waals surface area contributed by atoms with Crippen LogP contribution in [0.5, 0.6) is 0 Å². The third kappa shape index (κ3) is 2.66. The van der Waals surface area contributed by atoms with Crippen molar-refractivity contribution in [2.75, 3.05) is 0 Å². The van der Waals surface area contributed by atoms with Crippen LogP contribution < -0.4 is 0 Å². The van der Waals surface area contributed by atoms with Gasteiger partial charge in [-0.05, 0) is 29.2 Å². The van der Waals surface area contributed by atoms with Crippen molar-refractivity contribution < 1.29 is 14.8 Å². The van der Waals surface area contributed by atoms with Crippen LogP contribution in [0.4, 0.5) is 5.69 Å². The van der Waals surface area contributed by atoms with E-state index in [2.05, 4.69) is 0 Å². The molecule has 0 aliphatic carbocycles. The van der Waals surface area contributed by atoms with Gasteiger partial charge in [-0.25, -0.2) is 4.79 Å². The molecule has 2 aromatic carbocycles. The van der Waals surface area contributed by atoms with Gasteiger partial charge in [-0.2, -0.15) is 0 Å². The summed E-state index contributed by atoms with van der Waals surface area (Å²) >= 11 is 0. The highest BCUT2D eigenvalue weighted by Crippen LogP contribution is 2.28. The van der Waals surface area contributed by atoms with Gasteiger partial charge in [0.25, 0.3) is 5.69 Å². The first-order valence-corrected chi connectivity index (χ1v) is 6.14. The highest BCUT2D eigenvalue weighted by atomic mass is 16.6. The first-order valence-electron chi connectivity index (χ1n) is 6.14. The summed E-state index contributed by atoms with van der Waals surface area (Å²) in [5.74, 6) is -1.30. The second-order valence-corrected chi connectivity index (χ2v) is 4.35. The molecule has 0 unspecified atom stereocenters. The number of carbonyl (C=O) groups is 1. The molecule has 2 aromatic rings. The van der Waals surface area contributed by atoms with E-state index in [0.29, 0.717) is 5.56 Å². The van der Waals surface area contributed by atoms with Crippen molar-refractivity contribution in [1.82, 2.24) is 0 Å². The van der Waals surface area contributed by atoms with Crippen molar-refractivity contribution in [3.8, 4) is 11.1 Å². The first kappa shape index (κ1) is 13.7. The number of carboxylic acids is 1. The Kier molecular flexibility index (Phi) is 3.79. The molecule has 0 saturated carbocycles. The minimum atomic E-state index is -1.30. The van der Waals surface area contributed by atoms with E-state index in [1.807, 2.05) is 31.2 Å². The van der Waals surface area contributed by atoms with Crippen LogP contribution in [0.15, 0.2) is 42.5 Å². The minimum Gasteiger partial charge on any atom is -0.477 e. The molecule has 0 aromatic heterocycles. The molecule has 5 heteroatoms. The Morgan fingerprint density at radius 3 is 2.50 bits per heavy atom. The lowest BCUT2D eigenvalue weighted by atomic mass is 10.00. The molecule has 0 atom stereocenters. The van der Waals surface area contributed by atoms with Crippen LogP contribution in [0.25, 0.3) is 11.1 Å². The van der Waals surface area contributed by atoms with Crippen molar-refractivity contribution in [3.63, 3.8) is 0 Å². The van der Waals surface area contributed by atoms with Crippen LogP contribution in [0.2, 0.25) is 0 Å². The average Bonchev–Trinajstić information content (AvgIpc) is 2.46. The SMILES string of the molecule is CCc1cccc(-c2ccc(C(=O)O)c([N+](=O)[O-])c2)c1. The van der Waals surface area contributed by atoms with Gasteiger partial charge in [-0.15, -0.1) is 0 Å². The summed E-state index contributed by atoms with van der Waals surface area (Å²) in [6.45, 7) is 2.02. The molecule has 0 aliphatic rings. The fourth-order valence-electron chi connectivity index (χ4n) is 2.01. The quantitative estimate of drug-likeness (QED) is 0.681. The molecule has 0 fully saturated rings. The van der Waals surface area contributed by atoms with Gasteiger partial charge in [0.2, 0.25) is 0 Å². The maximum Gasteiger partial charge on any atom is 0.342 e. The van der Waals surface area contributed by atoms with Crippen molar-refractivity contribution in [2.45, 2.75) is 13.3 Å². The molecule has 0 amide bonds. The van der Waals surface area contributed by atoms with Gasteiger partial charge in [0.15, 0.2) is 0 Å². The predicted molar refractivity (Wildman–Crippen MR) is 74.9 cm³/mol. The number of hydrogen-bond donors (Lipinski definition) is 1. The van der Waals surface area contributed by atoms with Gasteiger partial charge in [0, 0.05) is 6.07 Å². The second-order valence-electron chi connectivity index (χ2n) is 4.35. The van der Waals surface area contributed by atoms with E-state index in [4.69, 9.17) is 5.11 Å². The first-order chi connectivity index (χ1) is 9.52. The Morgan fingerprint density at radius 1 is 1.20 bits per heavy atom. The van der Waals surface area contributed by atoms with Gasteiger partial charge in [0.05, 0.1) is 4.92 Å². The smallest absolute Gasteiger partial charge is 0.342 e. The van der Waals surface area contributed by atoms with E-state index < -0.39 is 16.6 Å². The van der Waals surface area contributed by atoms with E-state index in [1.54, 1.807) is 6.07 Å². The van der Waals surface area contributed by atoms with Crippen LogP contribution >= 0.6 is 0 Å². The maximum atomic E-state index is 11.0. The highest BCUT2D eigenvalue weighted by Gasteiger charge is 2.20. The van der Waals surface area contributed by atoms with E-state index in [1.165, 1.54) is 12.1 Å². The molecule has 2 rings (SSSR count). The van der Waals surface area contributed by atoms with Crippen LogP contribution in [0, 0.1) is 10.1 Å². The van der Waals surface area contributed by atoms with Crippen LogP contribution in [0.1, 0.15) is 22.8 Å². The Labute approximate surface area is 115 Å². The van der Waals surface area contributed by atoms with Crippen molar-refractivity contribution >= 4 is 11.7 Å². The number of benzene rings is 2. The van der Waals surface area contributed by atoms with E-state index in [9.17, 15) is 14.9 Å². The molecule has 0 aliphatic heterocycles. The fraction of sp³-hybridized carbons (Fsp3) is 0.133. The molecule has 0 saturated heterocycles. The summed E-state index contributed by atoms with van der Waals surface area (Å²) in [6, 6.07) is 11.8. The standard InChI is InChI=1S/C15H13NO4/c1-2-10-4-3-5-11(8-10)12-6-7-13(15(17)18)14(9-12)16(19)20/h3-9H,2H2,1H3,(H,17,18). The Hall–Kier alpha value is -2.69. The lowest BCUT2D eigenvalue weighted by Crippen LogP contribution is -2.02. The predicted octanol–water partition coefficient (Wildman–Crippen LogP) is 3.52. The highest BCUT2D eigenvalue weighted by molar-refractivity contribution is 5.93. The summed E-state index contributed by atoms with van der Waals surface area (Å²) < 4.78 is 0. The van der Waals surface area contributed by atoms with Crippen LogP contribution in [-0.4, -0.2) is 16.0 Å². The summed E-state index contributed by atoms with van der Waals surface area (Å²) in [5, 5.41) is 19.9. The average molecular weight is 271 g/mol. The Bertz CT molecular complexity index is 679. The zero-order chi connectivity index (χ0) is 14.7. The molecule has 0 radical (unpaired) electrons. The molecular formula is C15H13NO4. The molecule has 0 heterocycles. The van der Waals surface area contributed by atoms with Gasteiger partial charge in [-0.3, -0.25) is 10.1 Å². The van der Waals surface area contributed by atoms with E-state index >= 15 is 0 Å². The number of nitro benzene ring substituents is 1. The van der Waals surface area contributed by atoms with Gasteiger partial charge in [-0.1, -0.05) is 37.3 Å². The number of aromatic carboxylic acids is 1. The number of hydrogen-bond acceptors (Lipinski definition) is 3.